The summed E-state index contributed by atoms with van der Waals surface area (Å²) in [6.45, 7) is 1.23. The van der Waals surface area contributed by atoms with Gasteiger partial charge in [-0.2, -0.15) is 12.7 Å². The van der Waals surface area contributed by atoms with Crippen LogP contribution in [0.3, 0.4) is 0 Å². The number of benzene rings is 1. The van der Waals surface area contributed by atoms with Crippen LogP contribution in [-0.4, -0.2) is 32.4 Å². The maximum atomic E-state index is 13.5. The molecular formula is C12H17F2N3O2S. The van der Waals surface area contributed by atoms with Crippen LogP contribution in [0.5, 0.6) is 0 Å². The fourth-order valence-corrected chi connectivity index (χ4v) is 3.43. The number of nitrogens with two attached hydrogens (primary N) is 1. The number of rotatable bonds is 4. The molecule has 5 nitrogen and oxygen atoms in total. The van der Waals surface area contributed by atoms with Gasteiger partial charge in [0.25, 0.3) is 0 Å². The van der Waals surface area contributed by atoms with E-state index in [4.69, 9.17) is 5.73 Å². The highest BCUT2D eigenvalue weighted by Gasteiger charge is 2.28. The SMILES string of the molecule is NCC1CCN(S(=O)(=O)Nc2ccc(F)cc2F)CC1. The van der Waals surface area contributed by atoms with E-state index < -0.39 is 21.8 Å². The zero-order valence-electron chi connectivity index (χ0n) is 10.9. The van der Waals surface area contributed by atoms with Crippen molar-refractivity contribution in [2.24, 2.45) is 11.7 Å². The Balaban J connectivity index is 2.08. The number of halogens is 2. The number of hydrogen-bond acceptors (Lipinski definition) is 3. The highest BCUT2D eigenvalue weighted by atomic mass is 32.2. The molecule has 112 valence electrons. The lowest BCUT2D eigenvalue weighted by Gasteiger charge is -2.30. The molecule has 1 aliphatic rings. The summed E-state index contributed by atoms with van der Waals surface area (Å²) in [4.78, 5) is 0. The van der Waals surface area contributed by atoms with Gasteiger partial charge in [-0.15, -0.1) is 0 Å². The Morgan fingerprint density at radius 1 is 1.30 bits per heavy atom. The Labute approximate surface area is 116 Å². The number of piperidine rings is 1. The van der Waals surface area contributed by atoms with Gasteiger partial charge in [0.2, 0.25) is 0 Å². The molecule has 0 aliphatic carbocycles. The van der Waals surface area contributed by atoms with E-state index in [2.05, 4.69) is 4.72 Å². The largest absolute Gasteiger partial charge is 0.330 e. The summed E-state index contributed by atoms with van der Waals surface area (Å²) in [7, 11) is -3.82. The van der Waals surface area contributed by atoms with Crippen molar-refractivity contribution >= 4 is 15.9 Å². The van der Waals surface area contributed by atoms with Gasteiger partial charge in [-0.25, -0.2) is 8.78 Å². The third kappa shape index (κ3) is 3.44. The van der Waals surface area contributed by atoms with Crippen LogP contribution in [0.25, 0.3) is 0 Å². The molecule has 20 heavy (non-hydrogen) atoms. The van der Waals surface area contributed by atoms with Crippen LogP contribution < -0.4 is 10.5 Å². The molecule has 0 saturated carbocycles. The lowest BCUT2D eigenvalue weighted by molar-refractivity contribution is 0.280. The standard InChI is InChI=1S/C12H17F2N3O2S/c13-10-1-2-12(11(14)7-10)16-20(18,19)17-5-3-9(8-15)4-6-17/h1-2,7,9,16H,3-6,8,15H2. The zero-order chi connectivity index (χ0) is 14.8. The maximum Gasteiger partial charge on any atom is 0.301 e. The molecule has 0 spiro atoms. The first-order chi connectivity index (χ1) is 9.42. The normalized spacial score (nSPS) is 18.1. The lowest BCUT2D eigenvalue weighted by Crippen LogP contribution is -2.42. The first kappa shape index (κ1) is 15.1. The molecular weight excluding hydrogens is 288 g/mol. The van der Waals surface area contributed by atoms with E-state index in [9.17, 15) is 17.2 Å². The predicted molar refractivity (Wildman–Crippen MR) is 72.3 cm³/mol. The van der Waals surface area contributed by atoms with Crippen molar-refractivity contribution in [3.8, 4) is 0 Å². The molecule has 1 aliphatic heterocycles. The summed E-state index contributed by atoms with van der Waals surface area (Å²) in [6.07, 6.45) is 1.37. The van der Waals surface area contributed by atoms with Crippen molar-refractivity contribution in [1.82, 2.24) is 4.31 Å². The van der Waals surface area contributed by atoms with Gasteiger partial charge in [0.05, 0.1) is 5.69 Å². The van der Waals surface area contributed by atoms with Crippen molar-refractivity contribution in [2.75, 3.05) is 24.4 Å². The predicted octanol–water partition coefficient (Wildman–Crippen LogP) is 1.29. The second kappa shape index (κ2) is 6.02. The second-order valence-corrected chi connectivity index (χ2v) is 6.48. The number of nitrogens with zero attached hydrogens (tertiary/aromatic N) is 1. The Kier molecular flexibility index (Phi) is 4.56. The van der Waals surface area contributed by atoms with Gasteiger partial charge in [0, 0.05) is 19.2 Å². The summed E-state index contributed by atoms with van der Waals surface area (Å²) in [5.74, 6) is -1.37. The van der Waals surface area contributed by atoms with Crippen LogP contribution in [0, 0.1) is 17.6 Å². The van der Waals surface area contributed by atoms with E-state index in [0.29, 0.717) is 44.5 Å². The molecule has 0 bridgehead atoms. The highest BCUT2D eigenvalue weighted by Crippen LogP contribution is 2.22. The van der Waals surface area contributed by atoms with Crippen molar-refractivity contribution in [3.05, 3.63) is 29.8 Å². The van der Waals surface area contributed by atoms with Crippen molar-refractivity contribution < 1.29 is 17.2 Å². The molecule has 1 saturated heterocycles. The minimum absolute atomic E-state index is 0.257. The topological polar surface area (TPSA) is 75.4 Å². The number of hydrogen-bond donors (Lipinski definition) is 2. The molecule has 0 amide bonds. The van der Waals surface area contributed by atoms with E-state index in [0.717, 1.165) is 12.1 Å². The third-order valence-corrected chi connectivity index (χ3v) is 4.94. The van der Waals surface area contributed by atoms with Gasteiger partial charge in [-0.05, 0) is 37.4 Å². The van der Waals surface area contributed by atoms with Gasteiger partial charge in [-0.3, -0.25) is 4.72 Å². The van der Waals surface area contributed by atoms with Crippen molar-refractivity contribution in [3.63, 3.8) is 0 Å². The Bertz CT molecular complexity index is 572. The van der Waals surface area contributed by atoms with Crippen molar-refractivity contribution in [2.45, 2.75) is 12.8 Å². The van der Waals surface area contributed by atoms with Crippen LogP contribution in [0.1, 0.15) is 12.8 Å². The minimum atomic E-state index is -3.82. The van der Waals surface area contributed by atoms with E-state index >= 15 is 0 Å². The Morgan fingerprint density at radius 3 is 2.50 bits per heavy atom. The van der Waals surface area contributed by atoms with Crippen LogP contribution in [0.4, 0.5) is 14.5 Å². The van der Waals surface area contributed by atoms with Crippen LogP contribution >= 0.6 is 0 Å². The molecule has 1 fully saturated rings. The summed E-state index contributed by atoms with van der Waals surface area (Å²) in [5, 5.41) is 0. The van der Waals surface area contributed by atoms with Gasteiger partial charge in [0.1, 0.15) is 11.6 Å². The zero-order valence-corrected chi connectivity index (χ0v) is 11.7. The van der Waals surface area contributed by atoms with Crippen LogP contribution in [0.15, 0.2) is 18.2 Å². The summed E-state index contributed by atoms with van der Waals surface area (Å²) >= 11 is 0. The van der Waals surface area contributed by atoms with Gasteiger partial charge >= 0.3 is 10.2 Å². The summed E-state index contributed by atoms with van der Waals surface area (Å²) in [6, 6.07) is 2.70. The van der Waals surface area contributed by atoms with Gasteiger partial charge < -0.3 is 5.73 Å². The van der Waals surface area contributed by atoms with E-state index in [1.54, 1.807) is 0 Å². The van der Waals surface area contributed by atoms with Crippen molar-refractivity contribution in [1.29, 1.82) is 0 Å². The highest BCUT2D eigenvalue weighted by molar-refractivity contribution is 7.90. The van der Waals surface area contributed by atoms with E-state index in [1.807, 2.05) is 0 Å². The van der Waals surface area contributed by atoms with Crippen LogP contribution in [0.2, 0.25) is 0 Å². The first-order valence-electron chi connectivity index (χ1n) is 6.35. The smallest absolute Gasteiger partial charge is 0.301 e. The molecule has 0 radical (unpaired) electrons. The molecule has 1 aromatic rings. The number of anilines is 1. The average molecular weight is 305 g/mol. The molecule has 1 aromatic carbocycles. The molecule has 0 aromatic heterocycles. The first-order valence-corrected chi connectivity index (χ1v) is 7.79. The molecule has 8 heteroatoms. The summed E-state index contributed by atoms with van der Waals surface area (Å²) in [5.41, 5.74) is 5.29. The molecule has 3 N–H and O–H groups in total. The van der Waals surface area contributed by atoms with Gasteiger partial charge in [-0.1, -0.05) is 0 Å². The summed E-state index contributed by atoms with van der Waals surface area (Å²) < 4.78 is 53.9. The average Bonchev–Trinajstić information content (AvgIpc) is 2.42. The van der Waals surface area contributed by atoms with Crippen LogP contribution in [-0.2, 0) is 10.2 Å². The Morgan fingerprint density at radius 2 is 1.95 bits per heavy atom. The second-order valence-electron chi connectivity index (χ2n) is 4.81. The Hall–Kier alpha value is -1.25. The van der Waals surface area contributed by atoms with Gasteiger partial charge in [0.15, 0.2) is 0 Å². The number of nitrogens with one attached hydrogen (secondary N) is 1. The monoisotopic (exact) mass is 305 g/mol. The molecule has 0 unspecified atom stereocenters. The van der Waals surface area contributed by atoms with E-state index in [-0.39, 0.29) is 5.69 Å². The quantitative estimate of drug-likeness (QED) is 0.880. The molecule has 0 atom stereocenters. The fraction of sp³-hybridized carbons (Fsp3) is 0.500. The maximum absolute atomic E-state index is 13.5. The lowest BCUT2D eigenvalue weighted by atomic mass is 9.99. The third-order valence-electron chi connectivity index (χ3n) is 3.42. The minimum Gasteiger partial charge on any atom is -0.330 e. The van der Waals surface area contributed by atoms with E-state index in [1.165, 1.54) is 4.31 Å². The molecule has 2 rings (SSSR count). The fourth-order valence-electron chi connectivity index (χ4n) is 2.16. The molecule has 1 heterocycles.